The van der Waals surface area contributed by atoms with E-state index in [9.17, 15) is 13.2 Å². The second-order valence-corrected chi connectivity index (χ2v) is 9.47. The second kappa shape index (κ2) is 8.98. The molecule has 0 bridgehead atoms. The highest BCUT2D eigenvalue weighted by molar-refractivity contribution is 7.93. The molecular formula is C24H26N2O4S. The summed E-state index contributed by atoms with van der Waals surface area (Å²) in [6.45, 7) is 0. The van der Waals surface area contributed by atoms with E-state index in [2.05, 4.69) is 10.0 Å². The monoisotopic (exact) mass is 438 g/mol. The van der Waals surface area contributed by atoms with Crippen LogP contribution in [-0.2, 0) is 14.8 Å². The number of ether oxygens (including phenoxy) is 1. The van der Waals surface area contributed by atoms with Gasteiger partial charge in [-0.1, -0.05) is 43.5 Å². The maximum atomic E-state index is 13.1. The number of carbonyl (C=O) groups excluding carboxylic acids is 1. The Morgan fingerprint density at radius 1 is 0.903 bits per heavy atom. The molecule has 3 aromatic rings. The van der Waals surface area contributed by atoms with Gasteiger partial charge in [-0.05, 0) is 49.2 Å². The van der Waals surface area contributed by atoms with Crippen molar-refractivity contribution in [1.82, 2.24) is 0 Å². The number of amides is 1. The number of fused-ring (bicyclic) bond motifs is 1. The van der Waals surface area contributed by atoms with Gasteiger partial charge in [0.1, 0.15) is 5.75 Å². The molecule has 0 aromatic heterocycles. The van der Waals surface area contributed by atoms with Crippen LogP contribution in [0, 0.1) is 5.92 Å². The highest BCUT2D eigenvalue weighted by Crippen LogP contribution is 2.32. The van der Waals surface area contributed by atoms with Crippen LogP contribution in [0.25, 0.3) is 10.8 Å². The summed E-state index contributed by atoms with van der Waals surface area (Å²) >= 11 is 0. The molecule has 2 N–H and O–H groups in total. The van der Waals surface area contributed by atoms with E-state index in [0.717, 1.165) is 25.7 Å². The molecule has 1 fully saturated rings. The Hall–Kier alpha value is -3.06. The topological polar surface area (TPSA) is 84.5 Å². The fourth-order valence-electron chi connectivity index (χ4n) is 4.08. The lowest BCUT2D eigenvalue weighted by Crippen LogP contribution is -2.24. The quantitative estimate of drug-likeness (QED) is 0.556. The summed E-state index contributed by atoms with van der Waals surface area (Å²) in [5.74, 6) is 0.677. The maximum Gasteiger partial charge on any atom is 0.262 e. The first-order chi connectivity index (χ1) is 15.0. The molecule has 0 atom stereocenters. The smallest absolute Gasteiger partial charge is 0.262 e. The van der Waals surface area contributed by atoms with E-state index >= 15 is 0 Å². The molecule has 3 aromatic carbocycles. The van der Waals surface area contributed by atoms with Gasteiger partial charge in [-0.3, -0.25) is 9.52 Å². The maximum absolute atomic E-state index is 13.1. The third-order valence-corrected chi connectivity index (χ3v) is 7.19. The van der Waals surface area contributed by atoms with Gasteiger partial charge in [0.05, 0.1) is 12.0 Å². The third kappa shape index (κ3) is 4.66. The van der Waals surface area contributed by atoms with Crippen LogP contribution in [-0.4, -0.2) is 21.4 Å². The highest BCUT2D eigenvalue weighted by atomic mass is 32.2. The highest BCUT2D eigenvalue weighted by Gasteiger charge is 2.23. The summed E-state index contributed by atoms with van der Waals surface area (Å²) in [7, 11) is -2.27. The van der Waals surface area contributed by atoms with Gasteiger partial charge in [-0.15, -0.1) is 0 Å². The van der Waals surface area contributed by atoms with Crippen molar-refractivity contribution in [3.63, 3.8) is 0 Å². The van der Waals surface area contributed by atoms with Crippen LogP contribution in [0.15, 0.2) is 65.6 Å². The number of nitrogens with one attached hydrogen (secondary N) is 2. The summed E-state index contributed by atoms with van der Waals surface area (Å²) in [5, 5.41) is 4.29. The number of rotatable bonds is 6. The van der Waals surface area contributed by atoms with Crippen molar-refractivity contribution in [3.8, 4) is 5.75 Å². The van der Waals surface area contributed by atoms with E-state index in [1.54, 1.807) is 55.6 Å². The zero-order valence-electron chi connectivity index (χ0n) is 17.4. The average Bonchev–Trinajstić information content (AvgIpc) is 2.80. The van der Waals surface area contributed by atoms with E-state index in [1.807, 2.05) is 12.1 Å². The number of methoxy groups -OCH3 is 1. The standard InChI is InChI=1S/C24H26N2O4S/c1-30-19-13-11-18(12-14-19)26-31(28,29)23-16-15-22(20-9-5-6-10-21(20)23)25-24(27)17-7-3-2-4-8-17/h5-6,9-17,26H,2-4,7-8H2,1H3,(H,25,27). The number of sulfonamides is 1. The minimum Gasteiger partial charge on any atom is -0.497 e. The summed E-state index contributed by atoms with van der Waals surface area (Å²) in [4.78, 5) is 12.9. The number of anilines is 2. The largest absolute Gasteiger partial charge is 0.497 e. The first-order valence-corrected chi connectivity index (χ1v) is 12.0. The Labute approximate surface area is 182 Å². The van der Waals surface area contributed by atoms with Gasteiger partial charge in [0, 0.05) is 28.1 Å². The van der Waals surface area contributed by atoms with E-state index in [-0.39, 0.29) is 16.7 Å². The lowest BCUT2D eigenvalue weighted by molar-refractivity contribution is -0.120. The van der Waals surface area contributed by atoms with Crippen LogP contribution in [0.1, 0.15) is 32.1 Å². The predicted octanol–water partition coefficient (Wildman–Crippen LogP) is 5.17. The van der Waals surface area contributed by atoms with Crippen molar-refractivity contribution in [3.05, 3.63) is 60.7 Å². The van der Waals surface area contributed by atoms with Crippen molar-refractivity contribution in [2.45, 2.75) is 37.0 Å². The van der Waals surface area contributed by atoms with Crippen molar-refractivity contribution >= 4 is 38.1 Å². The van der Waals surface area contributed by atoms with Gasteiger partial charge in [0.2, 0.25) is 5.91 Å². The van der Waals surface area contributed by atoms with Gasteiger partial charge in [-0.25, -0.2) is 8.42 Å². The van der Waals surface area contributed by atoms with Crippen molar-refractivity contribution in [2.24, 2.45) is 5.92 Å². The molecule has 1 saturated carbocycles. The van der Waals surface area contributed by atoms with Gasteiger partial charge >= 0.3 is 0 Å². The van der Waals surface area contributed by atoms with E-state index in [0.29, 0.717) is 27.9 Å². The van der Waals surface area contributed by atoms with Crippen LogP contribution >= 0.6 is 0 Å². The van der Waals surface area contributed by atoms with Crippen LogP contribution in [0.2, 0.25) is 0 Å². The number of hydrogen-bond donors (Lipinski definition) is 2. The molecule has 162 valence electrons. The average molecular weight is 439 g/mol. The molecular weight excluding hydrogens is 412 g/mol. The lowest BCUT2D eigenvalue weighted by Gasteiger charge is -2.21. The lowest BCUT2D eigenvalue weighted by atomic mass is 9.88. The van der Waals surface area contributed by atoms with Crippen LogP contribution in [0.5, 0.6) is 5.75 Å². The first kappa shape index (κ1) is 21.2. The van der Waals surface area contributed by atoms with Crippen molar-refractivity contribution < 1.29 is 17.9 Å². The van der Waals surface area contributed by atoms with Gasteiger partial charge < -0.3 is 10.1 Å². The minimum absolute atomic E-state index is 0.0109. The van der Waals surface area contributed by atoms with Crippen molar-refractivity contribution in [2.75, 3.05) is 17.1 Å². The molecule has 0 aliphatic heterocycles. The molecule has 0 radical (unpaired) electrons. The summed E-state index contributed by atoms with van der Waals surface area (Å²) in [5.41, 5.74) is 1.08. The van der Waals surface area contributed by atoms with E-state index in [4.69, 9.17) is 4.74 Å². The fourth-order valence-corrected chi connectivity index (χ4v) is 5.35. The molecule has 1 aliphatic rings. The van der Waals surface area contributed by atoms with Crippen LogP contribution in [0.4, 0.5) is 11.4 Å². The molecule has 6 nitrogen and oxygen atoms in total. The molecule has 1 aliphatic carbocycles. The summed E-state index contributed by atoms with van der Waals surface area (Å²) in [6, 6.07) is 17.1. The third-order valence-electron chi connectivity index (χ3n) is 5.75. The normalized spacial score (nSPS) is 14.9. The molecule has 0 unspecified atom stereocenters. The van der Waals surface area contributed by atoms with E-state index in [1.165, 1.54) is 6.42 Å². The summed E-state index contributed by atoms with van der Waals surface area (Å²) in [6.07, 6.45) is 5.14. The Morgan fingerprint density at radius 2 is 1.58 bits per heavy atom. The molecule has 0 heterocycles. The van der Waals surface area contributed by atoms with E-state index < -0.39 is 10.0 Å². The van der Waals surface area contributed by atoms with Crippen LogP contribution < -0.4 is 14.8 Å². The molecule has 1 amide bonds. The zero-order valence-corrected chi connectivity index (χ0v) is 18.2. The molecule has 0 spiro atoms. The van der Waals surface area contributed by atoms with Crippen molar-refractivity contribution in [1.29, 1.82) is 0 Å². The molecule has 31 heavy (non-hydrogen) atoms. The molecule has 0 saturated heterocycles. The summed E-state index contributed by atoms with van der Waals surface area (Å²) < 4.78 is 34.0. The number of hydrogen-bond acceptors (Lipinski definition) is 4. The van der Waals surface area contributed by atoms with Gasteiger partial charge in [-0.2, -0.15) is 0 Å². The molecule has 4 rings (SSSR count). The van der Waals surface area contributed by atoms with Gasteiger partial charge in [0.15, 0.2) is 0 Å². The number of benzene rings is 3. The Bertz CT molecular complexity index is 1180. The Morgan fingerprint density at radius 3 is 2.26 bits per heavy atom. The fraction of sp³-hybridized carbons (Fsp3) is 0.292. The Kier molecular flexibility index (Phi) is 6.13. The van der Waals surface area contributed by atoms with Crippen LogP contribution in [0.3, 0.4) is 0 Å². The Balaban J connectivity index is 1.64. The SMILES string of the molecule is COc1ccc(NS(=O)(=O)c2ccc(NC(=O)C3CCCCC3)c3ccccc23)cc1. The molecule has 7 heteroatoms. The number of carbonyl (C=O) groups is 1. The van der Waals surface area contributed by atoms with Gasteiger partial charge in [0.25, 0.3) is 10.0 Å². The first-order valence-electron chi connectivity index (χ1n) is 10.5. The predicted molar refractivity (Wildman–Crippen MR) is 123 cm³/mol. The second-order valence-electron chi connectivity index (χ2n) is 7.82. The minimum atomic E-state index is -3.83. The zero-order chi connectivity index (χ0) is 21.8.